The molecule has 1 aliphatic heterocycles. The van der Waals surface area contributed by atoms with Crippen molar-refractivity contribution in [3.63, 3.8) is 0 Å². The Kier molecular flexibility index (Phi) is 10.2. The van der Waals surface area contributed by atoms with Gasteiger partial charge in [-0.25, -0.2) is 0 Å². The second-order valence-electron chi connectivity index (χ2n) is 12.2. The molecule has 4 aliphatic rings. The van der Waals surface area contributed by atoms with Crippen LogP contribution in [0.5, 0.6) is 0 Å². The molecule has 3 N–H and O–H groups in total. The number of aliphatic hydroxyl groups excluding tert-OH is 2. The van der Waals surface area contributed by atoms with Gasteiger partial charge in [-0.2, -0.15) is 0 Å². The number of nitrogens with one attached hydrogen (secondary N) is 1. The van der Waals surface area contributed by atoms with Crippen molar-refractivity contribution in [1.82, 2.24) is 10.2 Å². The Labute approximate surface area is 208 Å². The molecule has 1 heterocycles. The van der Waals surface area contributed by atoms with Gasteiger partial charge in [0, 0.05) is 24.6 Å². The molecule has 1 saturated heterocycles. The van der Waals surface area contributed by atoms with E-state index >= 15 is 0 Å². The first kappa shape index (κ1) is 26.2. The van der Waals surface area contributed by atoms with E-state index in [0.717, 1.165) is 30.2 Å². The number of nitrogens with zero attached hydrogens (tertiary/aromatic N) is 1. The Hall–Kier alpha value is 0.130. The summed E-state index contributed by atoms with van der Waals surface area (Å²) in [6.45, 7) is 6.03. The fourth-order valence-corrected chi connectivity index (χ4v) is 8.04. The van der Waals surface area contributed by atoms with E-state index in [2.05, 4.69) is 17.1 Å². The van der Waals surface area contributed by atoms with Gasteiger partial charge in [0.15, 0.2) is 0 Å². The molecule has 0 amide bonds. The third-order valence-corrected chi connectivity index (χ3v) is 10.6. The molecule has 33 heavy (non-hydrogen) atoms. The van der Waals surface area contributed by atoms with Crippen LogP contribution in [0.3, 0.4) is 0 Å². The van der Waals surface area contributed by atoms with Gasteiger partial charge in [0.05, 0.1) is 0 Å². The summed E-state index contributed by atoms with van der Waals surface area (Å²) in [5.74, 6) is 4.38. The zero-order valence-electron chi connectivity index (χ0n) is 21.1. The van der Waals surface area contributed by atoms with Crippen molar-refractivity contribution in [2.75, 3.05) is 26.2 Å². The fraction of sp³-hybridized carbons (Fsp3) is 1.00. The van der Waals surface area contributed by atoms with E-state index in [4.69, 9.17) is 11.6 Å². The van der Waals surface area contributed by atoms with Crippen LogP contribution in [0.15, 0.2) is 0 Å². The van der Waals surface area contributed by atoms with Crippen LogP contribution in [0, 0.1) is 35.5 Å². The number of rotatable bonds is 8. The standard InChI is InChI=1S/C28H51ClN2O2/c1-20(31-15-13-24(14-16-31)22-9-11-27(29)12-10-22)18-30-28(33)26-4-2-3-25(17-26)23-7-5-21(19-32)6-8-23/h20-28,30,32-33H,2-19H2,1H3. The van der Waals surface area contributed by atoms with Gasteiger partial charge >= 0.3 is 0 Å². The van der Waals surface area contributed by atoms with Gasteiger partial charge in [0.1, 0.15) is 6.23 Å². The third-order valence-electron chi connectivity index (χ3n) is 10.2. The lowest BCUT2D eigenvalue weighted by molar-refractivity contribution is 0.0177. The van der Waals surface area contributed by atoms with E-state index < -0.39 is 0 Å². The van der Waals surface area contributed by atoms with Crippen molar-refractivity contribution in [2.24, 2.45) is 35.5 Å². The van der Waals surface area contributed by atoms with E-state index in [1.54, 1.807) is 0 Å². The van der Waals surface area contributed by atoms with Crippen LogP contribution < -0.4 is 5.32 Å². The Morgan fingerprint density at radius 3 is 2.09 bits per heavy atom. The summed E-state index contributed by atoms with van der Waals surface area (Å²) in [7, 11) is 0. The van der Waals surface area contributed by atoms with Crippen LogP contribution in [-0.4, -0.2) is 59.0 Å². The van der Waals surface area contributed by atoms with Gasteiger partial charge in [0.25, 0.3) is 0 Å². The van der Waals surface area contributed by atoms with Crippen molar-refractivity contribution in [3.05, 3.63) is 0 Å². The maximum absolute atomic E-state index is 11.0. The lowest BCUT2D eigenvalue weighted by atomic mass is 9.68. The first-order valence-corrected chi connectivity index (χ1v) is 14.9. The molecular formula is C28H51ClN2O2. The molecule has 4 unspecified atom stereocenters. The minimum Gasteiger partial charge on any atom is -0.396 e. The molecular weight excluding hydrogens is 432 g/mol. The number of halogens is 1. The lowest BCUT2D eigenvalue weighted by Gasteiger charge is -2.41. The number of alkyl halides is 1. The quantitative estimate of drug-likeness (QED) is 0.320. The Morgan fingerprint density at radius 2 is 1.42 bits per heavy atom. The molecule has 3 aliphatic carbocycles. The van der Waals surface area contributed by atoms with Crippen molar-refractivity contribution in [3.8, 4) is 0 Å². The van der Waals surface area contributed by atoms with Crippen molar-refractivity contribution < 1.29 is 10.2 Å². The summed E-state index contributed by atoms with van der Waals surface area (Å²) in [5.41, 5.74) is 0. The molecule has 0 radical (unpaired) electrons. The Balaban J connectivity index is 1.15. The summed E-state index contributed by atoms with van der Waals surface area (Å²) in [4.78, 5) is 2.65. The first-order chi connectivity index (χ1) is 16.0. The van der Waals surface area contributed by atoms with Gasteiger partial charge in [-0.3, -0.25) is 10.2 Å². The SMILES string of the molecule is CC(CNC(O)C1CCCC(C2CCC(CO)CC2)C1)N1CCC(C2CCC(Cl)CC2)CC1. The van der Waals surface area contributed by atoms with Crippen LogP contribution in [-0.2, 0) is 0 Å². The van der Waals surface area contributed by atoms with E-state index in [-0.39, 0.29) is 6.23 Å². The predicted molar refractivity (Wildman–Crippen MR) is 137 cm³/mol. The molecule has 0 aromatic carbocycles. The number of piperidine rings is 1. The molecule has 0 bridgehead atoms. The average Bonchev–Trinajstić information content (AvgIpc) is 2.88. The largest absolute Gasteiger partial charge is 0.396 e. The summed E-state index contributed by atoms with van der Waals surface area (Å²) in [6.07, 6.45) is 17.4. The van der Waals surface area contributed by atoms with E-state index in [1.807, 2.05) is 0 Å². The molecule has 5 heteroatoms. The Morgan fingerprint density at radius 1 is 0.818 bits per heavy atom. The highest BCUT2D eigenvalue weighted by molar-refractivity contribution is 6.20. The zero-order valence-corrected chi connectivity index (χ0v) is 21.9. The minimum atomic E-state index is -0.354. The van der Waals surface area contributed by atoms with E-state index in [0.29, 0.717) is 29.9 Å². The van der Waals surface area contributed by atoms with Crippen LogP contribution in [0.25, 0.3) is 0 Å². The normalized spacial score (nSPS) is 39.3. The summed E-state index contributed by atoms with van der Waals surface area (Å²) < 4.78 is 0. The van der Waals surface area contributed by atoms with Crippen LogP contribution >= 0.6 is 11.6 Å². The number of hydrogen-bond acceptors (Lipinski definition) is 4. The topological polar surface area (TPSA) is 55.7 Å². The summed E-state index contributed by atoms with van der Waals surface area (Å²) in [5, 5.41) is 24.4. The molecule has 4 fully saturated rings. The van der Waals surface area contributed by atoms with Crippen molar-refractivity contribution >= 4 is 11.6 Å². The predicted octanol–water partition coefficient (Wildman–Crippen LogP) is 5.40. The first-order valence-electron chi connectivity index (χ1n) is 14.4. The highest BCUT2D eigenvalue weighted by Crippen LogP contribution is 2.42. The van der Waals surface area contributed by atoms with Gasteiger partial charge < -0.3 is 10.2 Å². The number of likely N-dealkylation sites (tertiary alicyclic amines) is 1. The number of hydrogen-bond donors (Lipinski definition) is 3. The third kappa shape index (κ3) is 7.32. The zero-order chi connectivity index (χ0) is 23.2. The van der Waals surface area contributed by atoms with Crippen LogP contribution in [0.2, 0.25) is 0 Å². The smallest absolute Gasteiger partial charge is 0.107 e. The van der Waals surface area contributed by atoms with E-state index in [1.165, 1.54) is 103 Å². The molecule has 3 saturated carbocycles. The summed E-state index contributed by atoms with van der Waals surface area (Å²) >= 11 is 6.32. The number of aliphatic hydroxyl groups is 2. The average molecular weight is 483 g/mol. The van der Waals surface area contributed by atoms with Crippen molar-refractivity contribution in [1.29, 1.82) is 0 Å². The second-order valence-corrected chi connectivity index (χ2v) is 12.9. The molecule has 0 aromatic rings. The second kappa shape index (κ2) is 12.9. The van der Waals surface area contributed by atoms with Gasteiger partial charge in [-0.1, -0.05) is 12.8 Å². The fourth-order valence-electron chi connectivity index (χ4n) is 7.79. The lowest BCUT2D eigenvalue weighted by Crippen LogP contribution is -2.49. The van der Waals surface area contributed by atoms with Crippen LogP contribution in [0.1, 0.15) is 96.8 Å². The maximum Gasteiger partial charge on any atom is 0.107 e. The Bertz CT molecular complexity index is 554. The van der Waals surface area contributed by atoms with Gasteiger partial charge in [0.2, 0.25) is 0 Å². The van der Waals surface area contributed by atoms with Crippen LogP contribution in [0.4, 0.5) is 0 Å². The van der Waals surface area contributed by atoms with Gasteiger partial charge in [-0.15, -0.1) is 11.6 Å². The summed E-state index contributed by atoms with van der Waals surface area (Å²) in [6, 6.07) is 0.493. The molecule has 4 rings (SSSR count). The molecule has 0 spiro atoms. The molecule has 4 atom stereocenters. The minimum absolute atomic E-state index is 0.354. The monoisotopic (exact) mass is 482 g/mol. The highest BCUT2D eigenvalue weighted by Gasteiger charge is 2.34. The maximum atomic E-state index is 11.0. The highest BCUT2D eigenvalue weighted by atomic mass is 35.5. The molecule has 192 valence electrons. The molecule has 4 nitrogen and oxygen atoms in total. The van der Waals surface area contributed by atoms with Crippen molar-refractivity contribution in [2.45, 2.75) is 114 Å². The molecule has 0 aromatic heterocycles. The van der Waals surface area contributed by atoms with Gasteiger partial charge in [-0.05, 0) is 133 Å². The van der Waals surface area contributed by atoms with E-state index in [9.17, 15) is 10.2 Å².